The summed E-state index contributed by atoms with van der Waals surface area (Å²) in [5.74, 6) is 1.52. The van der Waals surface area contributed by atoms with E-state index in [1.165, 1.54) is 0 Å². The third-order valence-electron chi connectivity index (χ3n) is 3.52. The van der Waals surface area contributed by atoms with Crippen LogP contribution in [-0.4, -0.2) is 63.3 Å². The average Bonchev–Trinajstić information content (AvgIpc) is 2.70. The van der Waals surface area contributed by atoms with Gasteiger partial charge in [-0.15, -0.1) is 24.0 Å². The number of rotatable bonds is 5. The van der Waals surface area contributed by atoms with Gasteiger partial charge in [0.05, 0.1) is 6.61 Å². The molecule has 0 amide bonds. The van der Waals surface area contributed by atoms with E-state index >= 15 is 0 Å². The maximum atomic E-state index is 5.02. The van der Waals surface area contributed by atoms with Crippen LogP contribution in [-0.2, 0) is 4.74 Å². The van der Waals surface area contributed by atoms with Gasteiger partial charge < -0.3 is 15.4 Å². The fraction of sp³-hybridized carbons (Fsp3) is 0.923. The minimum atomic E-state index is 0. The van der Waals surface area contributed by atoms with Crippen molar-refractivity contribution in [1.29, 1.82) is 0 Å². The van der Waals surface area contributed by atoms with Gasteiger partial charge in [-0.05, 0) is 19.8 Å². The van der Waals surface area contributed by atoms with Crippen LogP contribution in [0.3, 0.4) is 0 Å². The van der Waals surface area contributed by atoms with Crippen molar-refractivity contribution in [2.24, 2.45) is 10.9 Å². The number of nitrogens with one attached hydrogen (secondary N) is 2. The van der Waals surface area contributed by atoms with Crippen molar-refractivity contribution >= 4 is 29.9 Å². The first-order valence-corrected chi connectivity index (χ1v) is 6.78. The molecule has 1 rings (SSSR count). The van der Waals surface area contributed by atoms with E-state index in [1.807, 2.05) is 7.05 Å². The minimum Gasteiger partial charge on any atom is -0.383 e. The Labute approximate surface area is 134 Å². The topological polar surface area (TPSA) is 48.9 Å². The molecule has 0 aromatic heterocycles. The van der Waals surface area contributed by atoms with Crippen molar-refractivity contribution in [1.82, 2.24) is 15.5 Å². The lowest BCUT2D eigenvalue weighted by molar-refractivity contribution is 0.203. The van der Waals surface area contributed by atoms with Gasteiger partial charge in [-0.25, -0.2) is 0 Å². The number of aliphatic imine (C=N–C) groups is 1. The summed E-state index contributed by atoms with van der Waals surface area (Å²) in [5, 5.41) is 6.76. The molecule has 0 radical (unpaired) electrons. The minimum absolute atomic E-state index is 0. The van der Waals surface area contributed by atoms with Crippen LogP contribution in [0.2, 0.25) is 0 Å². The Morgan fingerprint density at radius 3 is 2.58 bits per heavy atom. The monoisotopic (exact) mass is 384 g/mol. The van der Waals surface area contributed by atoms with E-state index < -0.39 is 0 Å². The molecule has 0 aromatic carbocycles. The highest BCUT2D eigenvalue weighted by Crippen LogP contribution is 2.18. The van der Waals surface area contributed by atoms with Crippen LogP contribution in [0.15, 0.2) is 4.99 Å². The second kappa shape index (κ2) is 9.77. The summed E-state index contributed by atoms with van der Waals surface area (Å²) in [7, 11) is 3.51. The van der Waals surface area contributed by atoms with E-state index in [1.54, 1.807) is 7.11 Å². The van der Waals surface area contributed by atoms with Crippen LogP contribution in [0.5, 0.6) is 0 Å². The zero-order valence-electron chi connectivity index (χ0n) is 12.8. The molecule has 0 saturated carbocycles. The lowest BCUT2D eigenvalue weighted by Crippen LogP contribution is -2.47. The van der Waals surface area contributed by atoms with Crippen molar-refractivity contribution in [2.45, 2.75) is 32.9 Å². The lowest BCUT2D eigenvalue weighted by atomic mass is 10.1. The molecule has 0 aliphatic carbocycles. The van der Waals surface area contributed by atoms with Crippen LogP contribution in [0.25, 0.3) is 0 Å². The quantitative estimate of drug-likeness (QED) is 0.323. The summed E-state index contributed by atoms with van der Waals surface area (Å²) in [5.41, 5.74) is 0. The summed E-state index contributed by atoms with van der Waals surface area (Å²) >= 11 is 0. The molecule has 1 saturated heterocycles. The van der Waals surface area contributed by atoms with Crippen molar-refractivity contribution < 1.29 is 4.74 Å². The molecule has 19 heavy (non-hydrogen) atoms. The molecule has 0 bridgehead atoms. The first-order valence-electron chi connectivity index (χ1n) is 6.78. The van der Waals surface area contributed by atoms with Crippen LogP contribution >= 0.6 is 24.0 Å². The van der Waals surface area contributed by atoms with Crippen molar-refractivity contribution in [3.8, 4) is 0 Å². The highest BCUT2D eigenvalue weighted by molar-refractivity contribution is 14.0. The van der Waals surface area contributed by atoms with E-state index in [-0.39, 0.29) is 24.0 Å². The molecule has 2 atom stereocenters. The van der Waals surface area contributed by atoms with Gasteiger partial charge in [-0.2, -0.15) is 0 Å². The molecule has 1 aliphatic rings. The zero-order valence-corrected chi connectivity index (χ0v) is 15.1. The predicted octanol–water partition coefficient (Wildman–Crippen LogP) is 1.14. The highest BCUT2D eigenvalue weighted by Gasteiger charge is 2.31. The van der Waals surface area contributed by atoms with Gasteiger partial charge in [0.15, 0.2) is 5.96 Å². The van der Waals surface area contributed by atoms with E-state index in [2.05, 4.69) is 41.3 Å². The Morgan fingerprint density at radius 1 is 1.42 bits per heavy atom. The summed E-state index contributed by atoms with van der Waals surface area (Å²) in [6.07, 6.45) is 0. The first kappa shape index (κ1) is 18.9. The number of methoxy groups -OCH3 is 1. The zero-order chi connectivity index (χ0) is 13.5. The lowest BCUT2D eigenvalue weighted by Gasteiger charge is -2.21. The number of halogens is 1. The standard InChI is InChI=1S/C13H28N4O.HI/c1-10(2)17-8-11(3)12(9-17)16-13(14-4)15-6-7-18-5;/h10-12H,6-9H2,1-5H3,(H2,14,15,16);1H. The van der Waals surface area contributed by atoms with Gasteiger partial charge in [0, 0.05) is 45.9 Å². The fourth-order valence-electron chi connectivity index (χ4n) is 2.26. The Morgan fingerprint density at radius 2 is 2.11 bits per heavy atom. The molecule has 2 unspecified atom stereocenters. The number of guanidine groups is 1. The summed E-state index contributed by atoms with van der Waals surface area (Å²) in [6.45, 7) is 10.5. The van der Waals surface area contributed by atoms with Gasteiger partial charge in [-0.3, -0.25) is 9.89 Å². The molecular weight excluding hydrogens is 355 g/mol. The van der Waals surface area contributed by atoms with Crippen LogP contribution in [0, 0.1) is 5.92 Å². The maximum absolute atomic E-state index is 5.02. The van der Waals surface area contributed by atoms with Crippen molar-refractivity contribution in [3.63, 3.8) is 0 Å². The van der Waals surface area contributed by atoms with Crippen molar-refractivity contribution in [2.75, 3.05) is 40.4 Å². The second-order valence-electron chi connectivity index (χ2n) is 5.27. The number of hydrogen-bond donors (Lipinski definition) is 2. The third kappa shape index (κ3) is 6.27. The molecule has 1 heterocycles. The average molecular weight is 384 g/mol. The molecular formula is C13H29IN4O. The van der Waals surface area contributed by atoms with E-state index in [0.717, 1.165) is 25.6 Å². The van der Waals surface area contributed by atoms with Crippen molar-refractivity contribution in [3.05, 3.63) is 0 Å². The molecule has 6 heteroatoms. The van der Waals surface area contributed by atoms with Gasteiger partial charge in [0.25, 0.3) is 0 Å². The summed E-state index contributed by atoms with van der Waals surface area (Å²) in [6, 6.07) is 1.09. The van der Waals surface area contributed by atoms with E-state index in [4.69, 9.17) is 4.74 Å². The predicted molar refractivity (Wildman–Crippen MR) is 91.4 cm³/mol. The normalized spacial score (nSPS) is 24.4. The third-order valence-corrected chi connectivity index (χ3v) is 3.52. The summed E-state index contributed by atoms with van der Waals surface area (Å²) < 4.78 is 5.02. The second-order valence-corrected chi connectivity index (χ2v) is 5.27. The number of hydrogen-bond acceptors (Lipinski definition) is 3. The van der Waals surface area contributed by atoms with Crippen LogP contribution in [0.4, 0.5) is 0 Å². The SMILES string of the molecule is CN=C(NCCOC)NC1CN(C(C)C)CC1C.I. The molecule has 5 nitrogen and oxygen atoms in total. The molecule has 0 aromatic rings. The molecule has 0 spiro atoms. The smallest absolute Gasteiger partial charge is 0.191 e. The van der Waals surface area contributed by atoms with Gasteiger partial charge >= 0.3 is 0 Å². The largest absolute Gasteiger partial charge is 0.383 e. The Bertz CT molecular complexity index is 273. The fourth-order valence-corrected chi connectivity index (χ4v) is 2.26. The van der Waals surface area contributed by atoms with Gasteiger partial charge in [-0.1, -0.05) is 6.92 Å². The molecule has 1 aliphatic heterocycles. The Kier molecular flexibility index (Phi) is 9.72. The first-order chi connectivity index (χ1) is 8.58. The van der Waals surface area contributed by atoms with E-state index in [9.17, 15) is 0 Å². The Balaban J connectivity index is 0.00000324. The molecule has 114 valence electrons. The number of likely N-dealkylation sites (tertiary alicyclic amines) is 1. The van der Waals surface area contributed by atoms with Gasteiger partial charge in [0.1, 0.15) is 0 Å². The molecule has 1 fully saturated rings. The Hall–Kier alpha value is -0.0800. The highest BCUT2D eigenvalue weighted by atomic mass is 127. The number of nitrogens with zero attached hydrogens (tertiary/aromatic N) is 2. The van der Waals surface area contributed by atoms with Crippen LogP contribution in [0.1, 0.15) is 20.8 Å². The maximum Gasteiger partial charge on any atom is 0.191 e. The van der Waals surface area contributed by atoms with Crippen LogP contribution < -0.4 is 10.6 Å². The number of ether oxygens (including phenoxy) is 1. The molecule has 2 N–H and O–H groups in total. The summed E-state index contributed by atoms with van der Waals surface area (Å²) in [4.78, 5) is 6.75. The van der Waals surface area contributed by atoms with E-state index in [0.29, 0.717) is 24.6 Å². The van der Waals surface area contributed by atoms with Gasteiger partial charge in [0.2, 0.25) is 0 Å².